The highest BCUT2D eigenvalue weighted by atomic mass is 32.2. The molecule has 0 radical (unpaired) electrons. The summed E-state index contributed by atoms with van der Waals surface area (Å²) in [5.74, 6) is 0.447. The van der Waals surface area contributed by atoms with Crippen molar-refractivity contribution in [3.8, 4) is 0 Å². The van der Waals surface area contributed by atoms with Crippen LogP contribution in [-0.4, -0.2) is 49.6 Å². The van der Waals surface area contributed by atoms with Crippen LogP contribution in [0.3, 0.4) is 0 Å². The molecule has 1 saturated heterocycles. The topological polar surface area (TPSA) is 53.5 Å². The smallest absolute Gasteiger partial charge is 0.216 e. The van der Waals surface area contributed by atoms with Crippen molar-refractivity contribution in [3.63, 3.8) is 0 Å². The van der Waals surface area contributed by atoms with Gasteiger partial charge in [-0.25, -0.2) is 12.7 Å². The Morgan fingerprint density at radius 1 is 1.12 bits per heavy atom. The van der Waals surface area contributed by atoms with Crippen molar-refractivity contribution < 1.29 is 8.42 Å². The maximum atomic E-state index is 12.3. The Hall–Kier alpha value is -1.66. The van der Waals surface area contributed by atoms with Gasteiger partial charge in [-0.15, -0.1) is 0 Å². The molecule has 2 heterocycles. The van der Waals surface area contributed by atoms with E-state index in [1.165, 1.54) is 11.1 Å². The standard InChI is InChI=1S/C19H25N3O2S/c1-21(25(23,24)16-6-7-16)14-15-9-12-22(13-10-15)19-8-11-20-18-5-3-2-4-17(18)19/h2-5,8,11,15-16H,6-7,9-10,12-14H2,1H3. The van der Waals surface area contributed by atoms with Crippen LogP contribution in [0.2, 0.25) is 0 Å². The third kappa shape index (κ3) is 3.37. The van der Waals surface area contributed by atoms with Gasteiger partial charge in [-0.2, -0.15) is 0 Å². The Labute approximate surface area is 149 Å². The van der Waals surface area contributed by atoms with E-state index in [1.54, 1.807) is 11.4 Å². The van der Waals surface area contributed by atoms with Crippen LogP contribution in [0.15, 0.2) is 36.5 Å². The predicted octanol–water partition coefficient (Wildman–Crippen LogP) is 2.88. The van der Waals surface area contributed by atoms with Crippen molar-refractivity contribution >= 4 is 26.6 Å². The molecular formula is C19H25N3O2S. The molecule has 134 valence electrons. The van der Waals surface area contributed by atoms with Crippen LogP contribution >= 0.6 is 0 Å². The zero-order valence-electron chi connectivity index (χ0n) is 14.6. The monoisotopic (exact) mass is 359 g/mol. The SMILES string of the molecule is CN(CC1CCN(c2ccnc3ccccc23)CC1)S(=O)(=O)C1CC1. The number of fused-ring (bicyclic) bond motifs is 1. The number of rotatable bonds is 5. The van der Waals surface area contributed by atoms with Gasteiger partial charge in [-0.3, -0.25) is 4.98 Å². The lowest BCUT2D eigenvalue weighted by Crippen LogP contribution is -2.40. The minimum Gasteiger partial charge on any atom is -0.371 e. The molecule has 4 rings (SSSR count). The normalized spacial score (nSPS) is 19.7. The first kappa shape index (κ1) is 16.8. The van der Waals surface area contributed by atoms with Crippen molar-refractivity contribution in [3.05, 3.63) is 36.5 Å². The summed E-state index contributed by atoms with van der Waals surface area (Å²) in [6, 6.07) is 10.3. The number of nitrogens with zero attached hydrogens (tertiary/aromatic N) is 3. The number of para-hydroxylation sites is 1. The van der Waals surface area contributed by atoms with Crippen LogP contribution in [0.1, 0.15) is 25.7 Å². The summed E-state index contributed by atoms with van der Waals surface area (Å²) in [6.07, 6.45) is 5.60. The van der Waals surface area contributed by atoms with E-state index in [1.807, 2.05) is 18.3 Å². The summed E-state index contributed by atoms with van der Waals surface area (Å²) in [4.78, 5) is 6.85. The number of aromatic nitrogens is 1. The summed E-state index contributed by atoms with van der Waals surface area (Å²) < 4.78 is 26.2. The molecule has 0 atom stereocenters. The fourth-order valence-corrected chi connectivity index (χ4v) is 5.46. The fourth-order valence-electron chi connectivity index (χ4n) is 3.80. The number of piperidine rings is 1. The third-order valence-corrected chi connectivity index (χ3v) is 7.81. The van der Waals surface area contributed by atoms with Gasteiger partial charge in [0.15, 0.2) is 0 Å². The highest BCUT2D eigenvalue weighted by Crippen LogP contribution is 2.32. The van der Waals surface area contributed by atoms with Crippen molar-refractivity contribution in [2.75, 3.05) is 31.6 Å². The first-order chi connectivity index (χ1) is 12.1. The zero-order chi connectivity index (χ0) is 17.4. The lowest BCUT2D eigenvalue weighted by atomic mass is 9.96. The van der Waals surface area contributed by atoms with Crippen LogP contribution in [-0.2, 0) is 10.0 Å². The van der Waals surface area contributed by atoms with Gasteiger partial charge < -0.3 is 4.90 Å². The molecule has 2 aliphatic rings. The minimum absolute atomic E-state index is 0.110. The quantitative estimate of drug-likeness (QED) is 0.824. The average Bonchev–Trinajstić information content (AvgIpc) is 3.47. The summed E-state index contributed by atoms with van der Waals surface area (Å²) >= 11 is 0. The Kier molecular flexibility index (Phi) is 4.41. The molecular weight excluding hydrogens is 334 g/mol. The maximum absolute atomic E-state index is 12.3. The van der Waals surface area contributed by atoms with E-state index in [0.29, 0.717) is 12.5 Å². The summed E-state index contributed by atoms with van der Waals surface area (Å²) in [5, 5.41) is 1.08. The molecule has 1 aromatic heterocycles. The fraction of sp³-hybridized carbons (Fsp3) is 0.526. The minimum atomic E-state index is -3.05. The number of sulfonamides is 1. The lowest BCUT2D eigenvalue weighted by Gasteiger charge is -2.35. The molecule has 5 nitrogen and oxygen atoms in total. The lowest BCUT2D eigenvalue weighted by molar-refractivity contribution is 0.328. The van der Waals surface area contributed by atoms with Crippen molar-refractivity contribution in [2.24, 2.45) is 5.92 Å². The molecule has 1 aromatic carbocycles. The summed E-state index contributed by atoms with van der Waals surface area (Å²) in [6.45, 7) is 2.59. The van der Waals surface area contributed by atoms with Crippen molar-refractivity contribution in [1.29, 1.82) is 0 Å². The molecule has 0 bridgehead atoms. The second-order valence-electron chi connectivity index (χ2n) is 7.30. The van der Waals surface area contributed by atoms with Crippen LogP contribution in [0, 0.1) is 5.92 Å². The van der Waals surface area contributed by atoms with Gasteiger partial charge in [-0.1, -0.05) is 18.2 Å². The zero-order valence-corrected chi connectivity index (χ0v) is 15.5. The number of benzene rings is 1. The van der Waals surface area contributed by atoms with E-state index in [9.17, 15) is 8.42 Å². The molecule has 2 aromatic rings. The first-order valence-corrected chi connectivity index (χ1v) is 10.6. The van der Waals surface area contributed by atoms with Gasteiger partial charge in [0.2, 0.25) is 10.0 Å². The second kappa shape index (κ2) is 6.57. The van der Waals surface area contributed by atoms with Gasteiger partial charge in [0.25, 0.3) is 0 Å². The predicted molar refractivity (Wildman–Crippen MR) is 101 cm³/mol. The number of anilines is 1. The van der Waals surface area contributed by atoms with Crippen LogP contribution in [0.4, 0.5) is 5.69 Å². The average molecular weight is 359 g/mol. The molecule has 1 aliphatic heterocycles. The van der Waals surface area contributed by atoms with Crippen LogP contribution in [0.5, 0.6) is 0 Å². The molecule has 6 heteroatoms. The van der Waals surface area contributed by atoms with Gasteiger partial charge in [0, 0.05) is 44.0 Å². The van der Waals surface area contributed by atoms with Crippen LogP contribution in [0.25, 0.3) is 10.9 Å². The van der Waals surface area contributed by atoms with E-state index in [0.717, 1.165) is 44.3 Å². The Bertz CT molecular complexity index is 851. The summed E-state index contributed by atoms with van der Waals surface area (Å²) in [5.41, 5.74) is 2.26. The number of hydrogen-bond donors (Lipinski definition) is 0. The van der Waals surface area contributed by atoms with E-state index < -0.39 is 10.0 Å². The molecule has 0 amide bonds. The molecule has 2 fully saturated rings. The molecule has 1 saturated carbocycles. The van der Waals surface area contributed by atoms with E-state index in [2.05, 4.69) is 28.1 Å². The van der Waals surface area contributed by atoms with E-state index >= 15 is 0 Å². The van der Waals surface area contributed by atoms with Crippen LogP contribution < -0.4 is 4.90 Å². The molecule has 0 unspecified atom stereocenters. The van der Waals surface area contributed by atoms with Gasteiger partial charge in [0.1, 0.15) is 0 Å². The molecule has 0 spiro atoms. The van der Waals surface area contributed by atoms with Gasteiger partial charge in [-0.05, 0) is 43.7 Å². The highest BCUT2D eigenvalue weighted by Gasteiger charge is 2.39. The Balaban J connectivity index is 1.41. The number of pyridine rings is 1. The number of hydrogen-bond acceptors (Lipinski definition) is 4. The third-order valence-electron chi connectivity index (χ3n) is 5.48. The molecule has 25 heavy (non-hydrogen) atoms. The molecule has 1 aliphatic carbocycles. The van der Waals surface area contributed by atoms with Gasteiger partial charge >= 0.3 is 0 Å². The summed E-state index contributed by atoms with van der Waals surface area (Å²) in [7, 11) is -1.30. The van der Waals surface area contributed by atoms with E-state index in [-0.39, 0.29) is 5.25 Å². The maximum Gasteiger partial charge on any atom is 0.216 e. The molecule has 0 N–H and O–H groups in total. The van der Waals surface area contributed by atoms with Gasteiger partial charge in [0.05, 0.1) is 10.8 Å². The van der Waals surface area contributed by atoms with Crippen molar-refractivity contribution in [2.45, 2.75) is 30.9 Å². The Morgan fingerprint density at radius 3 is 2.56 bits per heavy atom. The second-order valence-corrected chi connectivity index (χ2v) is 9.62. The van der Waals surface area contributed by atoms with Crippen molar-refractivity contribution in [1.82, 2.24) is 9.29 Å². The largest absolute Gasteiger partial charge is 0.371 e. The van der Waals surface area contributed by atoms with E-state index in [4.69, 9.17) is 0 Å². The first-order valence-electron chi connectivity index (χ1n) is 9.09. The highest BCUT2D eigenvalue weighted by molar-refractivity contribution is 7.90. The Morgan fingerprint density at radius 2 is 1.84 bits per heavy atom.